The maximum Gasteiger partial charge on any atom is 0.0459 e. The molecule has 0 aliphatic rings. The summed E-state index contributed by atoms with van der Waals surface area (Å²) in [5.41, 5.74) is 4.00. The third kappa shape index (κ3) is 1.90. The average Bonchev–Trinajstić information content (AvgIpc) is 2.63. The minimum Gasteiger partial charge on any atom is -0.361 e. The predicted octanol–water partition coefficient (Wildman–Crippen LogP) is 2.63. The van der Waals surface area contributed by atoms with Crippen molar-refractivity contribution in [3.05, 3.63) is 35.5 Å². The first-order chi connectivity index (χ1) is 7.22. The van der Waals surface area contributed by atoms with Crippen molar-refractivity contribution >= 4 is 10.9 Å². The number of hydrogen-bond acceptors (Lipinski definition) is 1. The van der Waals surface area contributed by atoms with Crippen molar-refractivity contribution in [2.75, 3.05) is 7.05 Å². The number of H-pyrrole nitrogens is 1. The lowest BCUT2D eigenvalue weighted by molar-refractivity contribution is 0.610. The van der Waals surface area contributed by atoms with Crippen LogP contribution in [-0.2, 0) is 6.42 Å². The summed E-state index contributed by atoms with van der Waals surface area (Å²) >= 11 is 0. The van der Waals surface area contributed by atoms with E-state index < -0.39 is 0 Å². The van der Waals surface area contributed by atoms with E-state index in [1.807, 2.05) is 7.05 Å². The van der Waals surface area contributed by atoms with Gasteiger partial charge in [-0.1, -0.05) is 12.1 Å². The molecule has 0 aliphatic heterocycles. The number of fused-ring (bicyclic) bond motifs is 1. The van der Waals surface area contributed by atoms with E-state index in [9.17, 15) is 0 Å². The van der Waals surface area contributed by atoms with E-state index in [1.165, 1.54) is 22.0 Å². The molecule has 1 atom stereocenters. The van der Waals surface area contributed by atoms with Gasteiger partial charge in [0.05, 0.1) is 0 Å². The third-order valence-electron chi connectivity index (χ3n) is 3.01. The zero-order valence-electron chi connectivity index (χ0n) is 9.59. The second-order valence-electron chi connectivity index (χ2n) is 4.21. The molecule has 80 valence electrons. The Morgan fingerprint density at radius 3 is 2.93 bits per heavy atom. The molecule has 0 saturated carbocycles. The van der Waals surface area contributed by atoms with Crippen molar-refractivity contribution in [2.45, 2.75) is 26.3 Å². The molecule has 0 amide bonds. The summed E-state index contributed by atoms with van der Waals surface area (Å²) in [7, 11) is 2.01. The highest BCUT2D eigenvalue weighted by atomic mass is 14.8. The van der Waals surface area contributed by atoms with E-state index in [4.69, 9.17) is 0 Å². The van der Waals surface area contributed by atoms with Crippen LogP contribution in [0.2, 0.25) is 0 Å². The van der Waals surface area contributed by atoms with E-state index in [0.717, 1.165) is 6.42 Å². The Hall–Kier alpha value is -1.28. The molecular weight excluding hydrogens is 184 g/mol. The number of likely N-dealkylation sites (N-methyl/N-ethyl adjacent to an activating group) is 1. The SMILES string of the molecule is CNC(C)Cc1c[nH]c2cccc(C)c12. The van der Waals surface area contributed by atoms with Crippen molar-refractivity contribution in [1.82, 2.24) is 10.3 Å². The molecule has 0 aliphatic carbocycles. The fraction of sp³-hybridized carbons (Fsp3) is 0.385. The Balaban J connectivity index is 2.43. The molecule has 2 heteroatoms. The van der Waals surface area contributed by atoms with Crippen LogP contribution in [0.1, 0.15) is 18.1 Å². The lowest BCUT2D eigenvalue weighted by Gasteiger charge is -2.09. The number of rotatable bonds is 3. The number of aromatic amines is 1. The van der Waals surface area contributed by atoms with Gasteiger partial charge in [-0.15, -0.1) is 0 Å². The fourth-order valence-corrected chi connectivity index (χ4v) is 2.04. The lowest BCUT2D eigenvalue weighted by atomic mass is 10.0. The highest BCUT2D eigenvalue weighted by Gasteiger charge is 2.08. The first kappa shape index (κ1) is 10.2. The van der Waals surface area contributed by atoms with Gasteiger partial charge in [0.1, 0.15) is 0 Å². The van der Waals surface area contributed by atoms with Gasteiger partial charge in [-0.2, -0.15) is 0 Å². The summed E-state index contributed by atoms with van der Waals surface area (Å²) in [6.45, 7) is 4.38. The molecule has 15 heavy (non-hydrogen) atoms. The van der Waals surface area contributed by atoms with Crippen molar-refractivity contribution in [3.63, 3.8) is 0 Å². The van der Waals surface area contributed by atoms with Crippen LogP contribution in [-0.4, -0.2) is 18.1 Å². The van der Waals surface area contributed by atoms with Crippen LogP contribution >= 0.6 is 0 Å². The number of hydrogen-bond donors (Lipinski definition) is 2. The summed E-state index contributed by atoms with van der Waals surface area (Å²) < 4.78 is 0. The van der Waals surface area contributed by atoms with E-state index in [1.54, 1.807) is 0 Å². The molecule has 0 spiro atoms. The summed E-state index contributed by atoms with van der Waals surface area (Å²) in [5, 5.41) is 4.66. The second kappa shape index (κ2) is 4.07. The van der Waals surface area contributed by atoms with E-state index >= 15 is 0 Å². The Morgan fingerprint density at radius 2 is 2.20 bits per heavy atom. The maximum atomic E-state index is 3.33. The monoisotopic (exact) mass is 202 g/mol. The zero-order valence-corrected chi connectivity index (χ0v) is 9.59. The Kier molecular flexibility index (Phi) is 2.78. The van der Waals surface area contributed by atoms with Gasteiger partial charge in [0.15, 0.2) is 0 Å². The minimum atomic E-state index is 0.517. The van der Waals surface area contributed by atoms with Gasteiger partial charge in [-0.25, -0.2) is 0 Å². The summed E-state index contributed by atoms with van der Waals surface area (Å²) in [5.74, 6) is 0. The van der Waals surface area contributed by atoms with Crippen molar-refractivity contribution in [3.8, 4) is 0 Å². The van der Waals surface area contributed by atoms with Crippen molar-refractivity contribution in [1.29, 1.82) is 0 Å². The van der Waals surface area contributed by atoms with Crippen molar-refractivity contribution in [2.24, 2.45) is 0 Å². The molecule has 0 saturated heterocycles. The number of benzene rings is 1. The van der Waals surface area contributed by atoms with Crippen LogP contribution in [0.3, 0.4) is 0 Å². The molecular formula is C13H18N2. The van der Waals surface area contributed by atoms with Crippen LogP contribution in [0, 0.1) is 6.92 Å². The normalized spacial score (nSPS) is 13.3. The molecule has 2 nitrogen and oxygen atoms in total. The summed E-state index contributed by atoms with van der Waals surface area (Å²) in [4.78, 5) is 3.33. The van der Waals surface area contributed by atoms with Gasteiger partial charge in [0, 0.05) is 23.1 Å². The van der Waals surface area contributed by atoms with Crippen LogP contribution in [0.4, 0.5) is 0 Å². The molecule has 1 heterocycles. The van der Waals surface area contributed by atoms with Gasteiger partial charge in [0.2, 0.25) is 0 Å². The van der Waals surface area contributed by atoms with Gasteiger partial charge in [-0.05, 0) is 44.5 Å². The third-order valence-corrected chi connectivity index (χ3v) is 3.01. The molecule has 0 bridgehead atoms. The molecule has 0 fully saturated rings. The average molecular weight is 202 g/mol. The molecule has 2 rings (SSSR count). The lowest BCUT2D eigenvalue weighted by Crippen LogP contribution is -2.23. The van der Waals surface area contributed by atoms with Gasteiger partial charge < -0.3 is 10.3 Å². The predicted molar refractivity (Wildman–Crippen MR) is 65.3 cm³/mol. The quantitative estimate of drug-likeness (QED) is 0.786. The zero-order chi connectivity index (χ0) is 10.8. The molecule has 1 aromatic carbocycles. The van der Waals surface area contributed by atoms with Gasteiger partial charge in [-0.3, -0.25) is 0 Å². The van der Waals surface area contributed by atoms with Crippen LogP contribution in [0.5, 0.6) is 0 Å². The molecule has 2 N–H and O–H groups in total. The smallest absolute Gasteiger partial charge is 0.0459 e. The first-order valence-electron chi connectivity index (χ1n) is 5.45. The number of aryl methyl sites for hydroxylation is 1. The van der Waals surface area contributed by atoms with E-state index in [0.29, 0.717) is 6.04 Å². The topological polar surface area (TPSA) is 27.8 Å². The summed E-state index contributed by atoms with van der Waals surface area (Å²) in [6, 6.07) is 6.92. The van der Waals surface area contributed by atoms with Gasteiger partial charge >= 0.3 is 0 Å². The molecule has 2 aromatic rings. The van der Waals surface area contributed by atoms with Gasteiger partial charge in [0.25, 0.3) is 0 Å². The molecule has 1 aromatic heterocycles. The second-order valence-corrected chi connectivity index (χ2v) is 4.21. The van der Waals surface area contributed by atoms with Crippen LogP contribution < -0.4 is 5.32 Å². The van der Waals surface area contributed by atoms with Crippen LogP contribution in [0.15, 0.2) is 24.4 Å². The van der Waals surface area contributed by atoms with E-state index in [-0.39, 0.29) is 0 Å². The number of aromatic nitrogens is 1. The maximum absolute atomic E-state index is 3.33. The Bertz CT molecular complexity index is 457. The minimum absolute atomic E-state index is 0.517. The molecule has 0 radical (unpaired) electrons. The highest BCUT2D eigenvalue weighted by molar-refractivity contribution is 5.86. The van der Waals surface area contributed by atoms with E-state index in [2.05, 4.69) is 48.5 Å². The van der Waals surface area contributed by atoms with Crippen molar-refractivity contribution < 1.29 is 0 Å². The highest BCUT2D eigenvalue weighted by Crippen LogP contribution is 2.22. The Labute approximate surface area is 90.7 Å². The molecule has 1 unspecified atom stereocenters. The largest absolute Gasteiger partial charge is 0.361 e. The van der Waals surface area contributed by atoms with Crippen LogP contribution in [0.25, 0.3) is 10.9 Å². The fourth-order valence-electron chi connectivity index (χ4n) is 2.04. The summed E-state index contributed by atoms with van der Waals surface area (Å²) in [6.07, 6.45) is 3.20. The number of nitrogens with one attached hydrogen (secondary N) is 2. The Morgan fingerprint density at radius 1 is 1.40 bits per heavy atom. The standard InChI is InChI=1S/C13H18N2/c1-9-5-4-6-12-13(9)11(8-15-12)7-10(2)14-3/h4-6,8,10,14-15H,7H2,1-3H3. The first-order valence-corrected chi connectivity index (χ1v) is 5.45.